The highest BCUT2D eigenvalue weighted by atomic mass is 16.4. The quantitative estimate of drug-likeness (QED) is 0.703. The van der Waals surface area contributed by atoms with Crippen molar-refractivity contribution in [2.45, 2.75) is 27.2 Å². The highest BCUT2D eigenvalue weighted by Gasteiger charge is 2.11. The number of nitrogens with one attached hydrogen (secondary N) is 1. The minimum Gasteiger partial charge on any atom is -0.478 e. The molecule has 1 aromatic carbocycles. The molecule has 0 aliphatic heterocycles. The molecule has 4 N–H and O–H groups in total. The molecule has 0 fully saturated rings. The largest absolute Gasteiger partial charge is 0.478 e. The van der Waals surface area contributed by atoms with Gasteiger partial charge in [0.1, 0.15) is 0 Å². The lowest BCUT2D eigenvalue weighted by atomic mass is 9.92. The second kappa shape index (κ2) is 5.08. The number of carboxylic acids is 1. The van der Waals surface area contributed by atoms with Crippen LogP contribution in [0.25, 0.3) is 0 Å². The summed E-state index contributed by atoms with van der Waals surface area (Å²) in [5.41, 5.74) is 7.07. The van der Waals surface area contributed by atoms with Crippen LogP contribution >= 0.6 is 0 Å². The third-order valence-electron chi connectivity index (χ3n) is 2.49. The number of carboxylic acid groups (broad SMARTS) is 1. The van der Waals surface area contributed by atoms with E-state index in [2.05, 4.69) is 26.1 Å². The van der Waals surface area contributed by atoms with E-state index in [0.29, 0.717) is 5.69 Å². The second-order valence-electron chi connectivity index (χ2n) is 5.34. The summed E-state index contributed by atoms with van der Waals surface area (Å²) in [5, 5.41) is 12.1. The molecule has 0 unspecified atom stereocenters. The molecule has 0 aliphatic carbocycles. The maximum atomic E-state index is 10.9. The highest BCUT2D eigenvalue weighted by Crippen LogP contribution is 2.21. The van der Waals surface area contributed by atoms with Crippen molar-refractivity contribution in [3.8, 4) is 0 Å². The van der Waals surface area contributed by atoms with Crippen LogP contribution in [0.3, 0.4) is 0 Å². The average molecular weight is 236 g/mol. The molecule has 0 atom stereocenters. The van der Waals surface area contributed by atoms with E-state index in [9.17, 15) is 4.79 Å². The minimum atomic E-state index is -0.998. The number of rotatable bonds is 4. The van der Waals surface area contributed by atoms with Gasteiger partial charge in [-0.1, -0.05) is 20.8 Å². The van der Waals surface area contributed by atoms with Gasteiger partial charge in [-0.15, -0.1) is 0 Å². The summed E-state index contributed by atoms with van der Waals surface area (Å²) in [6.45, 7) is 7.31. The molecule has 0 aliphatic rings. The van der Waals surface area contributed by atoms with Crippen LogP contribution < -0.4 is 11.1 Å². The molecule has 0 saturated heterocycles. The Hall–Kier alpha value is -1.71. The number of benzene rings is 1. The average Bonchev–Trinajstić information content (AvgIpc) is 2.18. The molecule has 4 nitrogen and oxygen atoms in total. The summed E-state index contributed by atoms with van der Waals surface area (Å²) >= 11 is 0. The molecule has 1 aromatic rings. The third kappa shape index (κ3) is 4.34. The van der Waals surface area contributed by atoms with E-state index in [-0.39, 0.29) is 11.0 Å². The summed E-state index contributed by atoms with van der Waals surface area (Å²) in [6.07, 6.45) is 1.01. The molecular formula is C13H20N2O2. The van der Waals surface area contributed by atoms with E-state index in [4.69, 9.17) is 10.8 Å². The van der Waals surface area contributed by atoms with Crippen LogP contribution in [0.2, 0.25) is 0 Å². The van der Waals surface area contributed by atoms with Gasteiger partial charge in [0.2, 0.25) is 0 Å². The van der Waals surface area contributed by atoms with Crippen LogP contribution in [0.15, 0.2) is 18.2 Å². The standard InChI is InChI=1S/C13H20N2O2/c1-13(2,3)6-7-15-9-4-5-11(14)10(8-9)12(16)17/h4-5,8,15H,6-7,14H2,1-3H3,(H,16,17). The number of nitrogen functional groups attached to an aromatic ring is 1. The first-order valence-electron chi connectivity index (χ1n) is 5.66. The van der Waals surface area contributed by atoms with Gasteiger partial charge in [0, 0.05) is 17.9 Å². The first kappa shape index (κ1) is 13.4. The molecule has 0 saturated carbocycles. The van der Waals surface area contributed by atoms with E-state index in [1.165, 1.54) is 0 Å². The Kier molecular flexibility index (Phi) is 3.99. The summed E-state index contributed by atoms with van der Waals surface area (Å²) in [5.74, 6) is -0.998. The van der Waals surface area contributed by atoms with Crippen molar-refractivity contribution in [2.24, 2.45) is 5.41 Å². The Bertz CT molecular complexity index is 408. The normalized spacial score (nSPS) is 11.2. The lowest BCUT2D eigenvalue weighted by Crippen LogP contribution is -2.13. The number of hydrogen-bond donors (Lipinski definition) is 3. The predicted octanol–water partition coefficient (Wildman–Crippen LogP) is 2.82. The van der Waals surface area contributed by atoms with Crippen LogP contribution in [0.1, 0.15) is 37.6 Å². The van der Waals surface area contributed by atoms with Crippen molar-refractivity contribution in [1.29, 1.82) is 0 Å². The fraction of sp³-hybridized carbons (Fsp3) is 0.462. The molecule has 94 valence electrons. The zero-order valence-electron chi connectivity index (χ0n) is 10.6. The number of nitrogens with two attached hydrogens (primary N) is 1. The van der Waals surface area contributed by atoms with Gasteiger partial charge in [-0.05, 0) is 30.0 Å². The van der Waals surface area contributed by atoms with Crippen molar-refractivity contribution < 1.29 is 9.90 Å². The van der Waals surface area contributed by atoms with Crippen molar-refractivity contribution in [3.05, 3.63) is 23.8 Å². The Labute approximate surface area is 102 Å². The van der Waals surface area contributed by atoms with E-state index < -0.39 is 5.97 Å². The van der Waals surface area contributed by atoms with Crippen LogP contribution in [-0.2, 0) is 0 Å². The Morgan fingerprint density at radius 1 is 1.41 bits per heavy atom. The van der Waals surface area contributed by atoms with Crippen LogP contribution in [-0.4, -0.2) is 17.6 Å². The minimum absolute atomic E-state index is 0.144. The lowest BCUT2D eigenvalue weighted by molar-refractivity contribution is 0.0698. The molecule has 0 heterocycles. The zero-order chi connectivity index (χ0) is 13.1. The summed E-state index contributed by atoms with van der Waals surface area (Å²) < 4.78 is 0. The Morgan fingerprint density at radius 2 is 2.06 bits per heavy atom. The predicted molar refractivity (Wildman–Crippen MR) is 70.4 cm³/mol. The van der Waals surface area contributed by atoms with Gasteiger partial charge in [0.15, 0.2) is 0 Å². The Morgan fingerprint density at radius 3 is 2.59 bits per heavy atom. The van der Waals surface area contributed by atoms with Crippen molar-refractivity contribution >= 4 is 17.3 Å². The first-order chi connectivity index (χ1) is 7.79. The van der Waals surface area contributed by atoms with Crippen molar-refractivity contribution in [2.75, 3.05) is 17.6 Å². The fourth-order valence-electron chi connectivity index (χ4n) is 1.43. The maximum Gasteiger partial charge on any atom is 0.337 e. The number of aromatic carboxylic acids is 1. The van der Waals surface area contributed by atoms with Gasteiger partial charge in [-0.2, -0.15) is 0 Å². The van der Waals surface area contributed by atoms with Gasteiger partial charge in [-0.3, -0.25) is 0 Å². The molecule has 0 radical (unpaired) electrons. The van der Waals surface area contributed by atoms with Crippen LogP contribution in [0.5, 0.6) is 0 Å². The van der Waals surface area contributed by atoms with Gasteiger partial charge < -0.3 is 16.2 Å². The molecule has 17 heavy (non-hydrogen) atoms. The Balaban J connectivity index is 2.67. The van der Waals surface area contributed by atoms with Crippen LogP contribution in [0.4, 0.5) is 11.4 Å². The van der Waals surface area contributed by atoms with E-state index in [0.717, 1.165) is 18.7 Å². The smallest absolute Gasteiger partial charge is 0.337 e. The van der Waals surface area contributed by atoms with Crippen molar-refractivity contribution in [3.63, 3.8) is 0 Å². The fourth-order valence-corrected chi connectivity index (χ4v) is 1.43. The molecular weight excluding hydrogens is 216 g/mol. The third-order valence-corrected chi connectivity index (χ3v) is 2.49. The topological polar surface area (TPSA) is 75.3 Å². The van der Waals surface area contributed by atoms with Gasteiger partial charge in [0.05, 0.1) is 5.56 Å². The summed E-state index contributed by atoms with van der Waals surface area (Å²) in [4.78, 5) is 10.9. The summed E-state index contributed by atoms with van der Waals surface area (Å²) in [6, 6.07) is 4.98. The van der Waals surface area contributed by atoms with Gasteiger partial charge in [-0.25, -0.2) is 4.79 Å². The van der Waals surface area contributed by atoms with Crippen molar-refractivity contribution in [1.82, 2.24) is 0 Å². The SMILES string of the molecule is CC(C)(C)CCNc1ccc(N)c(C(=O)O)c1. The second-order valence-corrected chi connectivity index (χ2v) is 5.34. The molecule has 0 spiro atoms. The zero-order valence-corrected chi connectivity index (χ0v) is 10.6. The molecule has 0 bridgehead atoms. The van der Waals surface area contributed by atoms with E-state index in [1.54, 1.807) is 18.2 Å². The number of anilines is 2. The first-order valence-corrected chi connectivity index (χ1v) is 5.66. The monoisotopic (exact) mass is 236 g/mol. The molecule has 0 aromatic heterocycles. The molecule has 0 amide bonds. The number of carbonyl (C=O) groups is 1. The summed E-state index contributed by atoms with van der Waals surface area (Å²) in [7, 11) is 0. The molecule has 4 heteroatoms. The lowest BCUT2D eigenvalue weighted by Gasteiger charge is -2.18. The number of hydrogen-bond acceptors (Lipinski definition) is 3. The maximum absolute atomic E-state index is 10.9. The van der Waals surface area contributed by atoms with Gasteiger partial charge in [0.25, 0.3) is 0 Å². The van der Waals surface area contributed by atoms with Gasteiger partial charge >= 0.3 is 5.97 Å². The van der Waals surface area contributed by atoms with Crippen LogP contribution in [0, 0.1) is 5.41 Å². The van der Waals surface area contributed by atoms with E-state index in [1.807, 2.05) is 0 Å². The molecule has 1 rings (SSSR count). The van der Waals surface area contributed by atoms with E-state index >= 15 is 0 Å². The highest BCUT2D eigenvalue weighted by molar-refractivity contribution is 5.94.